The van der Waals surface area contributed by atoms with E-state index in [1.807, 2.05) is 25.1 Å². The minimum absolute atomic E-state index is 0.0665. The second-order valence-electron chi connectivity index (χ2n) is 4.94. The highest BCUT2D eigenvalue weighted by molar-refractivity contribution is 5.63. The molecule has 0 radical (unpaired) electrons. The molecule has 0 aliphatic rings. The Hall–Kier alpha value is -1.68. The highest BCUT2D eigenvalue weighted by Gasteiger charge is 2.11. The van der Waals surface area contributed by atoms with Crippen molar-refractivity contribution < 1.29 is 10.2 Å². The molecule has 0 fully saturated rings. The maximum Gasteiger partial charge on any atom is 0.0607 e. The van der Waals surface area contributed by atoms with E-state index in [4.69, 9.17) is 10.2 Å². The minimum atomic E-state index is -0.279. The zero-order valence-corrected chi connectivity index (χ0v) is 11.7. The molecule has 0 heterocycles. The summed E-state index contributed by atoms with van der Waals surface area (Å²) < 4.78 is 0. The van der Waals surface area contributed by atoms with Crippen LogP contribution in [-0.4, -0.2) is 29.5 Å². The normalized spacial score (nSPS) is 12.6. The van der Waals surface area contributed by atoms with E-state index < -0.39 is 0 Å². The van der Waals surface area contributed by atoms with Gasteiger partial charge < -0.3 is 15.5 Å². The fraction of sp³-hybridized carbons (Fsp3) is 0.294. The Bertz CT molecular complexity index is 506. The number of benzene rings is 2. The molecular formula is C17H21NO2. The van der Waals surface area contributed by atoms with Gasteiger partial charge in [-0.3, -0.25) is 0 Å². The Kier molecular flexibility index (Phi) is 5.30. The smallest absolute Gasteiger partial charge is 0.0607 e. The van der Waals surface area contributed by atoms with E-state index >= 15 is 0 Å². The average Bonchev–Trinajstić information content (AvgIpc) is 2.53. The topological polar surface area (TPSA) is 52.5 Å². The Morgan fingerprint density at radius 2 is 1.40 bits per heavy atom. The molecule has 2 rings (SSSR count). The fourth-order valence-corrected chi connectivity index (χ4v) is 2.21. The third kappa shape index (κ3) is 3.67. The zero-order chi connectivity index (χ0) is 14.4. The van der Waals surface area contributed by atoms with Crippen LogP contribution < -0.4 is 5.32 Å². The lowest BCUT2D eigenvalue weighted by molar-refractivity contribution is 0.163. The summed E-state index contributed by atoms with van der Waals surface area (Å²) in [6.45, 7) is 1.89. The molecule has 2 aromatic carbocycles. The second kappa shape index (κ2) is 7.20. The maximum atomic E-state index is 9.09. The molecular weight excluding hydrogens is 250 g/mol. The second-order valence-corrected chi connectivity index (χ2v) is 4.94. The third-order valence-electron chi connectivity index (χ3n) is 3.44. The van der Waals surface area contributed by atoms with Crippen LogP contribution in [0, 0.1) is 0 Å². The van der Waals surface area contributed by atoms with Crippen LogP contribution in [0.2, 0.25) is 0 Å². The molecule has 0 aliphatic heterocycles. The van der Waals surface area contributed by atoms with Gasteiger partial charge in [-0.2, -0.15) is 0 Å². The van der Waals surface area contributed by atoms with E-state index in [-0.39, 0.29) is 25.3 Å². The van der Waals surface area contributed by atoms with Crippen molar-refractivity contribution in [3.63, 3.8) is 0 Å². The summed E-state index contributed by atoms with van der Waals surface area (Å²) in [5.41, 5.74) is 3.52. The standard InChI is InChI=1S/C17H21NO2/c1-13(18-17(11-19)12-20)14-7-9-16(10-8-14)15-5-3-2-4-6-15/h2-10,13,17-20H,11-12H2,1H3. The van der Waals surface area contributed by atoms with Gasteiger partial charge in [0.15, 0.2) is 0 Å². The summed E-state index contributed by atoms with van der Waals surface area (Å²) in [7, 11) is 0. The van der Waals surface area contributed by atoms with E-state index in [1.54, 1.807) is 0 Å². The first-order valence-corrected chi connectivity index (χ1v) is 6.87. The summed E-state index contributed by atoms with van der Waals surface area (Å²) in [4.78, 5) is 0. The first kappa shape index (κ1) is 14.7. The molecule has 2 aromatic rings. The van der Waals surface area contributed by atoms with Crippen LogP contribution in [0.15, 0.2) is 54.6 Å². The molecule has 20 heavy (non-hydrogen) atoms. The molecule has 0 bridgehead atoms. The van der Waals surface area contributed by atoms with Crippen LogP contribution in [0.3, 0.4) is 0 Å². The van der Waals surface area contributed by atoms with Crippen LogP contribution in [0.5, 0.6) is 0 Å². The number of hydrogen-bond acceptors (Lipinski definition) is 3. The molecule has 0 aromatic heterocycles. The van der Waals surface area contributed by atoms with Gasteiger partial charge in [-0.05, 0) is 23.6 Å². The summed E-state index contributed by atoms with van der Waals surface area (Å²) in [5, 5.41) is 21.4. The van der Waals surface area contributed by atoms with Gasteiger partial charge in [-0.25, -0.2) is 0 Å². The average molecular weight is 271 g/mol. The van der Waals surface area contributed by atoms with Crippen molar-refractivity contribution in [3.05, 3.63) is 60.2 Å². The Morgan fingerprint density at radius 3 is 1.95 bits per heavy atom. The SMILES string of the molecule is CC(NC(CO)CO)c1ccc(-c2ccccc2)cc1. The molecule has 0 amide bonds. The van der Waals surface area contributed by atoms with Crippen LogP contribution in [0.25, 0.3) is 11.1 Å². The first-order chi connectivity index (χ1) is 9.74. The molecule has 3 heteroatoms. The predicted octanol–water partition coefficient (Wildman–Crippen LogP) is 2.36. The van der Waals surface area contributed by atoms with Gasteiger partial charge in [0.25, 0.3) is 0 Å². The van der Waals surface area contributed by atoms with Crippen molar-refractivity contribution in [3.8, 4) is 11.1 Å². The molecule has 3 N–H and O–H groups in total. The minimum Gasteiger partial charge on any atom is -0.395 e. The van der Waals surface area contributed by atoms with Gasteiger partial charge in [0.2, 0.25) is 0 Å². The van der Waals surface area contributed by atoms with Crippen molar-refractivity contribution in [2.24, 2.45) is 0 Å². The Morgan fingerprint density at radius 1 is 0.850 bits per heavy atom. The van der Waals surface area contributed by atoms with Crippen molar-refractivity contribution in [1.29, 1.82) is 0 Å². The van der Waals surface area contributed by atoms with E-state index in [2.05, 4.69) is 41.7 Å². The Labute approximate surface area is 119 Å². The van der Waals surface area contributed by atoms with Crippen LogP contribution in [0.4, 0.5) is 0 Å². The quantitative estimate of drug-likeness (QED) is 0.756. The van der Waals surface area contributed by atoms with Crippen LogP contribution in [-0.2, 0) is 0 Å². The molecule has 1 atom stereocenters. The van der Waals surface area contributed by atoms with E-state index in [0.717, 1.165) is 5.56 Å². The van der Waals surface area contributed by atoms with Crippen molar-refractivity contribution in [2.75, 3.05) is 13.2 Å². The van der Waals surface area contributed by atoms with E-state index in [1.165, 1.54) is 11.1 Å². The lowest BCUT2D eigenvalue weighted by atomic mass is 10.0. The fourth-order valence-electron chi connectivity index (χ4n) is 2.21. The van der Waals surface area contributed by atoms with Crippen molar-refractivity contribution >= 4 is 0 Å². The highest BCUT2D eigenvalue weighted by Crippen LogP contribution is 2.21. The number of rotatable bonds is 6. The highest BCUT2D eigenvalue weighted by atomic mass is 16.3. The summed E-state index contributed by atoms with van der Waals surface area (Å²) in [5.74, 6) is 0. The van der Waals surface area contributed by atoms with Gasteiger partial charge >= 0.3 is 0 Å². The van der Waals surface area contributed by atoms with Gasteiger partial charge in [-0.15, -0.1) is 0 Å². The van der Waals surface area contributed by atoms with Crippen molar-refractivity contribution in [2.45, 2.75) is 19.0 Å². The lowest BCUT2D eigenvalue weighted by Crippen LogP contribution is -2.37. The molecule has 0 saturated carbocycles. The summed E-state index contributed by atoms with van der Waals surface area (Å²) >= 11 is 0. The predicted molar refractivity (Wildman–Crippen MR) is 81.4 cm³/mol. The monoisotopic (exact) mass is 271 g/mol. The van der Waals surface area contributed by atoms with Crippen LogP contribution in [0.1, 0.15) is 18.5 Å². The van der Waals surface area contributed by atoms with Crippen molar-refractivity contribution in [1.82, 2.24) is 5.32 Å². The van der Waals surface area contributed by atoms with E-state index in [0.29, 0.717) is 0 Å². The zero-order valence-electron chi connectivity index (χ0n) is 11.7. The molecule has 3 nitrogen and oxygen atoms in total. The maximum absolute atomic E-state index is 9.09. The molecule has 106 valence electrons. The number of hydrogen-bond donors (Lipinski definition) is 3. The Balaban J connectivity index is 2.08. The van der Waals surface area contributed by atoms with Crippen LogP contribution >= 0.6 is 0 Å². The third-order valence-corrected chi connectivity index (χ3v) is 3.44. The van der Waals surface area contributed by atoms with Gasteiger partial charge in [0.05, 0.1) is 19.3 Å². The van der Waals surface area contributed by atoms with E-state index in [9.17, 15) is 0 Å². The summed E-state index contributed by atoms with van der Waals surface area (Å²) in [6.07, 6.45) is 0. The summed E-state index contributed by atoms with van der Waals surface area (Å²) in [6, 6.07) is 18.4. The number of aliphatic hydroxyl groups excluding tert-OH is 2. The van der Waals surface area contributed by atoms with Gasteiger partial charge in [0, 0.05) is 6.04 Å². The molecule has 1 unspecified atom stereocenters. The van der Waals surface area contributed by atoms with Gasteiger partial charge in [0.1, 0.15) is 0 Å². The van der Waals surface area contributed by atoms with Gasteiger partial charge in [-0.1, -0.05) is 54.6 Å². The number of aliphatic hydroxyl groups is 2. The molecule has 0 saturated heterocycles. The number of nitrogens with one attached hydrogen (secondary N) is 1. The largest absolute Gasteiger partial charge is 0.395 e. The molecule has 0 aliphatic carbocycles. The first-order valence-electron chi connectivity index (χ1n) is 6.87. The molecule has 0 spiro atoms. The lowest BCUT2D eigenvalue weighted by Gasteiger charge is -2.20.